The van der Waals surface area contributed by atoms with Gasteiger partial charge in [-0.25, -0.2) is 0 Å². The second-order valence-corrected chi connectivity index (χ2v) is 4.58. The number of nitrogens with zero attached hydrogens (tertiary/aromatic N) is 1. The van der Waals surface area contributed by atoms with Crippen molar-refractivity contribution in [3.05, 3.63) is 0 Å². The van der Waals surface area contributed by atoms with Gasteiger partial charge in [-0.2, -0.15) is 0 Å². The van der Waals surface area contributed by atoms with Crippen LogP contribution >= 0.6 is 6.72 Å². The monoisotopic (exact) mass is 199 g/mol. The van der Waals surface area contributed by atoms with Gasteiger partial charge in [0, 0.05) is 13.6 Å². The first-order valence-corrected chi connectivity index (χ1v) is 5.44. The Labute approximate surface area is 69.8 Å². The van der Waals surface area contributed by atoms with Crippen LogP contribution in [-0.4, -0.2) is 41.3 Å². The minimum absolute atomic E-state index is 0.0412. The molecule has 0 aliphatic rings. The number of likely N-dealkylation sites (N-methyl/N-ethyl adjacent to an activating group) is 1. The van der Waals surface area contributed by atoms with E-state index in [0.717, 1.165) is 0 Å². The Balaban J connectivity index is 3.42. The molecule has 0 aliphatic heterocycles. The molecular weight excluding hydrogens is 189 g/mol. The number of amides is 1. The Hall–Kier alpha value is -0.0000000000000000833. The van der Waals surface area contributed by atoms with E-state index in [1.165, 1.54) is 4.90 Å². The molecule has 0 aromatic carbocycles. The third kappa shape index (κ3) is 7.90. The summed E-state index contributed by atoms with van der Waals surface area (Å²) in [5.41, 5.74) is 0. The molecule has 0 aromatic rings. The first-order valence-electron chi connectivity index (χ1n) is 2.81. The van der Waals surface area contributed by atoms with Crippen LogP contribution in [0.1, 0.15) is 0 Å². The molecule has 0 aliphatic carbocycles. The molecule has 0 saturated heterocycles. The van der Waals surface area contributed by atoms with E-state index in [2.05, 4.69) is 16.3 Å². The van der Waals surface area contributed by atoms with Gasteiger partial charge in [-0.1, -0.05) is 0 Å². The lowest BCUT2D eigenvalue weighted by Crippen LogP contribution is -2.20. The molecule has 0 saturated carbocycles. The zero-order chi connectivity index (χ0) is 8.91. The molecule has 0 spiro atoms. The van der Waals surface area contributed by atoms with Crippen molar-refractivity contribution in [3.63, 3.8) is 0 Å². The summed E-state index contributed by atoms with van der Waals surface area (Å²) in [6.07, 6.45) is 0.613. The molecule has 11 heavy (non-hydrogen) atoms. The predicted octanol–water partition coefficient (Wildman–Crippen LogP) is -0.700. The van der Waals surface area contributed by atoms with Gasteiger partial charge in [0.15, 0.2) is 0 Å². The van der Waals surface area contributed by atoms with Crippen molar-refractivity contribution < 1.29 is 19.1 Å². The largest absolute Gasteiger partial charge is 0.346 e. The van der Waals surface area contributed by atoms with Gasteiger partial charge < -0.3 is 19.2 Å². The molecular formula is C4H10NO4PS. The maximum Gasteiger partial charge on any atom is 0.321 e. The Bertz CT molecular complexity index is 169. The third-order valence-electron chi connectivity index (χ3n) is 0.883. The van der Waals surface area contributed by atoms with Gasteiger partial charge in [-0.15, -0.1) is 0 Å². The zero-order valence-corrected chi connectivity index (χ0v) is 7.72. The molecule has 7 heteroatoms. The highest BCUT2D eigenvalue weighted by atomic mass is 32.5. The number of hydrogen-bond donors (Lipinski definition) is 2. The van der Waals surface area contributed by atoms with Gasteiger partial charge in [-0.3, -0.25) is 4.79 Å². The van der Waals surface area contributed by atoms with Crippen LogP contribution in [0.25, 0.3) is 0 Å². The fourth-order valence-corrected chi connectivity index (χ4v) is 0.900. The van der Waals surface area contributed by atoms with Crippen molar-refractivity contribution in [1.82, 2.24) is 4.90 Å². The highest BCUT2D eigenvalue weighted by Crippen LogP contribution is 2.35. The summed E-state index contributed by atoms with van der Waals surface area (Å²) in [5.74, 6) is 0. The van der Waals surface area contributed by atoms with E-state index in [-0.39, 0.29) is 6.61 Å². The van der Waals surface area contributed by atoms with Crippen LogP contribution in [-0.2, 0) is 21.1 Å². The van der Waals surface area contributed by atoms with Gasteiger partial charge in [-0.05, 0) is 11.8 Å². The zero-order valence-electron chi connectivity index (χ0n) is 6.01. The van der Waals surface area contributed by atoms with Crippen LogP contribution in [0.5, 0.6) is 0 Å². The smallest absolute Gasteiger partial charge is 0.321 e. The van der Waals surface area contributed by atoms with Crippen LogP contribution in [0.2, 0.25) is 0 Å². The highest BCUT2D eigenvalue weighted by molar-refractivity contribution is 8.06. The second-order valence-electron chi connectivity index (χ2n) is 1.91. The Morgan fingerprint density at radius 1 is 1.73 bits per heavy atom. The fraction of sp³-hybridized carbons (Fsp3) is 0.750. The molecule has 0 bridgehead atoms. The first-order chi connectivity index (χ1) is 4.95. The molecule has 0 unspecified atom stereocenters. The van der Waals surface area contributed by atoms with Gasteiger partial charge in [0.1, 0.15) is 0 Å². The summed E-state index contributed by atoms with van der Waals surface area (Å²) < 4.78 is 4.44. The van der Waals surface area contributed by atoms with Crippen molar-refractivity contribution in [3.8, 4) is 0 Å². The number of carbonyl (C=O) groups excluding carboxylic acids is 1. The molecule has 0 fully saturated rings. The van der Waals surface area contributed by atoms with E-state index >= 15 is 0 Å². The van der Waals surface area contributed by atoms with E-state index in [0.29, 0.717) is 13.0 Å². The summed E-state index contributed by atoms with van der Waals surface area (Å²) in [6, 6.07) is 0. The first kappa shape index (κ1) is 11.0. The lowest BCUT2D eigenvalue weighted by Gasteiger charge is -2.12. The fourth-order valence-electron chi connectivity index (χ4n) is 0.356. The van der Waals surface area contributed by atoms with Crippen LogP contribution in [0, 0.1) is 0 Å². The standard InChI is InChI=1S/C4H10NO4PS/c1-5(4-6)2-3-9-10(7,8)11/h4H,2-3H2,1H3,(H2,7,8,11). The summed E-state index contributed by atoms with van der Waals surface area (Å²) in [7, 11) is 1.55. The molecule has 0 heterocycles. The van der Waals surface area contributed by atoms with Crippen LogP contribution < -0.4 is 0 Å². The van der Waals surface area contributed by atoms with E-state index in [4.69, 9.17) is 9.79 Å². The van der Waals surface area contributed by atoms with E-state index < -0.39 is 6.72 Å². The van der Waals surface area contributed by atoms with E-state index in [1.807, 2.05) is 0 Å². The van der Waals surface area contributed by atoms with Gasteiger partial charge >= 0.3 is 6.72 Å². The predicted molar refractivity (Wildman–Crippen MR) is 43.4 cm³/mol. The number of carbonyl (C=O) groups is 1. The van der Waals surface area contributed by atoms with E-state index in [9.17, 15) is 4.79 Å². The Morgan fingerprint density at radius 3 is 2.64 bits per heavy atom. The summed E-state index contributed by atoms with van der Waals surface area (Å²) in [4.78, 5) is 28.4. The van der Waals surface area contributed by atoms with Crippen molar-refractivity contribution in [2.24, 2.45) is 0 Å². The minimum atomic E-state index is -3.54. The van der Waals surface area contributed by atoms with Crippen LogP contribution in [0.3, 0.4) is 0 Å². The highest BCUT2D eigenvalue weighted by Gasteiger charge is 2.06. The average Bonchev–Trinajstić information content (AvgIpc) is 1.85. The molecule has 0 aromatic heterocycles. The van der Waals surface area contributed by atoms with Gasteiger partial charge in [0.2, 0.25) is 6.41 Å². The van der Waals surface area contributed by atoms with Crippen LogP contribution in [0.15, 0.2) is 0 Å². The van der Waals surface area contributed by atoms with Gasteiger partial charge in [0.25, 0.3) is 0 Å². The molecule has 0 atom stereocenters. The van der Waals surface area contributed by atoms with Crippen molar-refractivity contribution in [2.75, 3.05) is 20.2 Å². The molecule has 5 nitrogen and oxygen atoms in total. The molecule has 1 amide bonds. The normalized spacial score (nSPS) is 11.2. The van der Waals surface area contributed by atoms with Crippen molar-refractivity contribution in [1.29, 1.82) is 0 Å². The van der Waals surface area contributed by atoms with E-state index in [1.54, 1.807) is 7.05 Å². The summed E-state index contributed by atoms with van der Waals surface area (Å²) in [5, 5.41) is 0. The third-order valence-corrected chi connectivity index (χ3v) is 1.72. The van der Waals surface area contributed by atoms with Gasteiger partial charge in [0.05, 0.1) is 6.61 Å². The number of hydrogen-bond acceptors (Lipinski definition) is 3. The van der Waals surface area contributed by atoms with Crippen LogP contribution in [0.4, 0.5) is 0 Å². The average molecular weight is 199 g/mol. The maximum atomic E-state index is 9.99. The number of rotatable bonds is 5. The molecule has 66 valence electrons. The summed E-state index contributed by atoms with van der Waals surface area (Å²) >= 11 is 4.17. The molecule has 0 radical (unpaired) electrons. The Kier molecular flexibility index (Phi) is 4.79. The van der Waals surface area contributed by atoms with Crippen molar-refractivity contribution in [2.45, 2.75) is 0 Å². The molecule has 2 N–H and O–H groups in total. The molecule has 0 rings (SSSR count). The minimum Gasteiger partial charge on any atom is -0.346 e. The SMILES string of the molecule is CN(C=O)CCOP(O)(O)=S. The summed E-state index contributed by atoms with van der Waals surface area (Å²) in [6.45, 7) is -3.21. The quantitative estimate of drug-likeness (QED) is 0.452. The second kappa shape index (κ2) is 4.79. The lowest BCUT2D eigenvalue weighted by molar-refractivity contribution is -0.117. The topological polar surface area (TPSA) is 70.0 Å². The lowest BCUT2D eigenvalue weighted by atomic mass is 10.6. The van der Waals surface area contributed by atoms with Crippen molar-refractivity contribution >= 4 is 24.9 Å². The maximum absolute atomic E-state index is 9.99. The Morgan fingerprint density at radius 2 is 2.27 bits per heavy atom.